The van der Waals surface area contributed by atoms with Gasteiger partial charge in [0.2, 0.25) is 0 Å². The van der Waals surface area contributed by atoms with Crippen LogP contribution in [0, 0.1) is 5.92 Å². The molecule has 0 radical (unpaired) electrons. The van der Waals surface area contributed by atoms with E-state index in [0.29, 0.717) is 5.92 Å². The van der Waals surface area contributed by atoms with E-state index in [1.165, 1.54) is 6.42 Å². The molecule has 0 aromatic rings. The molecule has 3 nitrogen and oxygen atoms in total. The third kappa shape index (κ3) is 9.96. The van der Waals surface area contributed by atoms with Gasteiger partial charge in [-0.3, -0.25) is 0 Å². The molecule has 0 aromatic carbocycles. The average Bonchev–Trinajstić information content (AvgIpc) is 2.17. The molecule has 0 aliphatic heterocycles. The summed E-state index contributed by atoms with van der Waals surface area (Å²) in [6.07, 6.45) is 3.23. The maximum absolute atomic E-state index is 8.68. The molecule has 0 amide bonds. The zero-order chi connectivity index (χ0) is 10.6. The van der Waals surface area contributed by atoms with Gasteiger partial charge in [-0.15, -0.1) is 0 Å². The fourth-order valence-electron chi connectivity index (χ4n) is 1.16. The molecule has 1 atom stereocenters. The SMILES string of the molecule is CCCCOCCNCC(C)CCO. The topological polar surface area (TPSA) is 41.5 Å². The van der Waals surface area contributed by atoms with Crippen molar-refractivity contribution in [3.8, 4) is 0 Å². The molecule has 1 unspecified atom stereocenters. The third-order valence-electron chi connectivity index (χ3n) is 2.18. The summed E-state index contributed by atoms with van der Waals surface area (Å²) < 4.78 is 5.40. The van der Waals surface area contributed by atoms with Crippen LogP contribution in [-0.4, -0.2) is 38.0 Å². The third-order valence-corrected chi connectivity index (χ3v) is 2.18. The Morgan fingerprint density at radius 1 is 1.36 bits per heavy atom. The van der Waals surface area contributed by atoms with Crippen LogP contribution >= 0.6 is 0 Å². The Balaban J connectivity index is 2.98. The summed E-state index contributed by atoms with van der Waals surface area (Å²) in [6, 6.07) is 0. The minimum absolute atomic E-state index is 0.288. The van der Waals surface area contributed by atoms with Crippen molar-refractivity contribution in [2.45, 2.75) is 33.1 Å². The Hall–Kier alpha value is -0.120. The number of rotatable bonds is 10. The van der Waals surface area contributed by atoms with E-state index in [2.05, 4.69) is 19.2 Å². The van der Waals surface area contributed by atoms with E-state index >= 15 is 0 Å². The lowest BCUT2D eigenvalue weighted by Crippen LogP contribution is -2.25. The van der Waals surface area contributed by atoms with Crippen molar-refractivity contribution in [2.75, 3.05) is 32.9 Å². The van der Waals surface area contributed by atoms with E-state index in [4.69, 9.17) is 9.84 Å². The molecule has 0 aromatic heterocycles. The molecular formula is C11H25NO2. The molecule has 0 spiro atoms. The highest BCUT2D eigenvalue weighted by molar-refractivity contribution is 4.55. The van der Waals surface area contributed by atoms with Crippen LogP contribution in [0.5, 0.6) is 0 Å². The van der Waals surface area contributed by atoms with Gasteiger partial charge < -0.3 is 15.2 Å². The molecule has 0 fully saturated rings. The van der Waals surface area contributed by atoms with Crippen LogP contribution in [0.3, 0.4) is 0 Å². The van der Waals surface area contributed by atoms with Gasteiger partial charge in [0.1, 0.15) is 0 Å². The summed E-state index contributed by atoms with van der Waals surface area (Å²) in [6.45, 7) is 8.16. The predicted molar refractivity (Wildman–Crippen MR) is 59.5 cm³/mol. The van der Waals surface area contributed by atoms with Crippen LogP contribution in [0.1, 0.15) is 33.1 Å². The number of hydrogen-bond acceptors (Lipinski definition) is 3. The standard InChI is InChI=1S/C11H25NO2/c1-3-4-8-14-9-6-12-10-11(2)5-7-13/h11-13H,3-10H2,1-2H3. The van der Waals surface area contributed by atoms with Crippen LogP contribution < -0.4 is 5.32 Å². The highest BCUT2D eigenvalue weighted by Gasteiger charge is 1.99. The second-order valence-corrected chi connectivity index (χ2v) is 3.79. The number of ether oxygens (including phenoxy) is 1. The molecular weight excluding hydrogens is 178 g/mol. The average molecular weight is 203 g/mol. The summed E-state index contributed by atoms with van der Waals surface area (Å²) >= 11 is 0. The maximum Gasteiger partial charge on any atom is 0.0590 e. The molecule has 0 rings (SSSR count). The lowest BCUT2D eigenvalue weighted by molar-refractivity contribution is 0.132. The van der Waals surface area contributed by atoms with Gasteiger partial charge in [-0.2, -0.15) is 0 Å². The van der Waals surface area contributed by atoms with E-state index in [0.717, 1.165) is 39.1 Å². The van der Waals surface area contributed by atoms with Gasteiger partial charge in [-0.05, 0) is 25.3 Å². The number of aliphatic hydroxyl groups excluding tert-OH is 1. The Bertz CT molecular complexity index is 109. The highest BCUT2D eigenvalue weighted by atomic mass is 16.5. The largest absolute Gasteiger partial charge is 0.396 e. The Labute approximate surface area is 87.8 Å². The first kappa shape index (κ1) is 13.9. The molecule has 3 heteroatoms. The first-order chi connectivity index (χ1) is 6.81. The Morgan fingerprint density at radius 2 is 2.14 bits per heavy atom. The smallest absolute Gasteiger partial charge is 0.0590 e. The van der Waals surface area contributed by atoms with Crippen molar-refractivity contribution in [3.63, 3.8) is 0 Å². The summed E-state index contributed by atoms with van der Waals surface area (Å²) in [5, 5.41) is 12.0. The molecule has 0 saturated carbocycles. The molecule has 0 aliphatic carbocycles. The van der Waals surface area contributed by atoms with Crippen LogP contribution in [0.15, 0.2) is 0 Å². The van der Waals surface area contributed by atoms with Crippen LogP contribution in [0.2, 0.25) is 0 Å². The summed E-state index contributed by atoms with van der Waals surface area (Å²) in [4.78, 5) is 0. The fourth-order valence-corrected chi connectivity index (χ4v) is 1.16. The Kier molecular flexibility index (Phi) is 10.9. The van der Waals surface area contributed by atoms with Gasteiger partial charge in [0, 0.05) is 19.8 Å². The maximum atomic E-state index is 8.68. The highest BCUT2D eigenvalue weighted by Crippen LogP contribution is 1.97. The van der Waals surface area contributed by atoms with Crippen LogP contribution in [0.4, 0.5) is 0 Å². The number of aliphatic hydroxyl groups is 1. The molecule has 0 aliphatic rings. The number of unbranched alkanes of at least 4 members (excludes halogenated alkanes) is 1. The second-order valence-electron chi connectivity index (χ2n) is 3.79. The molecule has 2 N–H and O–H groups in total. The van der Waals surface area contributed by atoms with Gasteiger partial charge in [0.05, 0.1) is 6.61 Å². The minimum Gasteiger partial charge on any atom is -0.396 e. The van der Waals surface area contributed by atoms with E-state index in [1.807, 2.05) is 0 Å². The van der Waals surface area contributed by atoms with Crippen molar-refractivity contribution in [2.24, 2.45) is 5.92 Å². The predicted octanol–water partition coefficient (Wildman–Crippen LogP) is 1.41. The summed E-state index contributed by atoms with van der Waals surface area (Å²) in [7, 11) is 0. The molecule has 0 heterocycles. The number of nitrogens with one attached hydrogen (secondary N) is 1. The molecule has 14 heavy (non-hydrogen) atoms. The van der Waals surface area contributed by atoms with Crippen LogP contribution in [-0.2, 0) is 4.74 Å². The summed E-state index contributed by atoms with van der Waals surface area (Å²) in [5.74, 6) is 0.552. The molecule has 0 saturated heterocycles. The van der Waals surface area contributed by atoms with Crippen LogP contribution in [0.25, 0.3) is 0 Å². The zero-order valence-electron chi connectivity index (χ0n) is 9.59. The quantitative estimate of drug-likeness (QED) is 0.528. The molecule has 0 bridgehead atoms. The van der Waals surface area contributed by atoms with Gasteiger partial charge in [-0.25, -0.2) is 0 Å². The Morgan fingerprint density at radius 3 is 2.79 bits per heavy atom. The van der Waals surface area contributed by atoms with Crippen molar-refractivity contribution < 1.29 is 9.84 Å². The van der Waals surface area contributed by atoms with E-state index in [9.17, 15) is 0 Å². The first-order valence-corrected chi connectivity index (χ1v) is 5.70. The normalized spacial score (nSPS) is 13.1. The zero-order valence-corrected chi connectivity index (χ0v) is 9.59. The second kappa shape index (κ2) is 11.0. The van der Waals surface area contributed by atoms with E-state index in [-0.39, 0.29) is 6.61 Å². The van der Waals surface area contributed by atoms with Crippen molar-refractivity contribution in [3.05, 3.63) is 0 Å². The fraction of sp³-hybridized carbons (Fsp3) is 1.00. The van der Waals surface area contributed by atoms with Gasteiger partial charge >= 0.3 is 0 Å². The molecule has 86 valence electrons. The van der Waals surface area contributed by atoms with Crippen molar-refractivity contribution >= 4 is 0 Å². The lowest BCUT2D eigenvalue weighted by Gasteiger charge is -2.10. The van der Waals surface area contributed by atoms with E-state index in [1.54, 1.807) is 0 Å². The van der Waals surface area contributed by atoms with E-state index < -0.39 is 0 Å². The van der Waals surface area contributed by atoms with Gasteiger partial charge in [0.25, 0.3) is 0 Å². The number of hydrogen-bond donors (Lipinski definition) is 2. The van der Waals surface area contributed by atoms with Crippen molar-refractivity contribution in [1.82, 2.24) is 5.32 Å². The monoisotopic (exact) mass is 203 g/mol. The summed E-state index contributed by atoms with van der Waals surface area (Å²) in [5.41, 5.74) is 0. The minimum atomic E-state index is 0.288. The first-order valence-electron chi connectivity index (χ1n) is 5.70. The van der Waals surface area contributed by atoms with Gasteiger partial charge in [0.15, 0.2) is 0 Å². The lowest BCUT2D eigenvalue weighted by atomic mass is 10.1. The van der Waals surface area contributed by atoms with Gasteiger partial charge in [-0.1, -0.05) is 20.3 Å². The van der Waals surface area contributed by atoms with Crippen molar-refractivity contribution in [1.29, 1.82) is 0 Å².